The molecule has 0 bridgehead atoms. The molecule has 0 amide bonds. The first-order valence-electron chi connectivity index (χ1n) is 31.4. The predicted octanol–water partition coefficient (Wildman–Crippen LogP) is 20.6. The Morgan fingerprint density at radius 2 is 0.479 bits per heavy atom. The van der Waals surface area contributed by atoms with Crippen molar-refractivity contribution >= 4 is 37.2 Å². The van der Waals surface area contributed by atoms with Crippen LogP contribution in [0.1, 0.15) is 101 Å². The van der Waals surface area contributed by atoms with Gasteiger partial charge in [-0.2, -0.15) is 0 Å². The van der Waals surface area contributed by atoms with Crippen molar-refractivity contribution in [3.05, 3.63) is 181 Å². The van der Waals surface area contributed by atoms with E-state index in [0.29, 0.717) is 116 Å². The van der Waals surface area contributed by atoms with Crippen molar-refractivity contribution in [2.45, 2.75) is 92.2 Å². The third-order valence-electron chi connectivity index (χ3n) is 14.3. The molecule has 0 spiro atoms. The van der Waals surface area contributed by atoms with Crippen molar-refractivity contribution in [1.82, 2.24) is 0 Å². The van der Waals surface area contributed by atoms with Gasteiger partial charge < -0.3 is 47.4 Å². The van der Waals surface area contributed by atoms with Gasteiger partial charge in [-0.05, 0) is 81.3 Å². The molecule has 0 radical (unpaired) electrons. The van der Waals surface area contributed by atoms with E-state index in [1.54, 1.807) is 0 Å². The second-order valence-corrected chi connectivity index (χ2v) is 27.3. The molecule has 0 aliphatic rings. The van der Waals surface area contributed by atoms with Gasteiger partial charge in [0.1, 0.15) is 87.4 Å². The first-order chi connectivity index (χ1) is 44.9. The van der Waals surface area contributed by atoms with Crippen LogP contribution in [0.3, 0.4) is 0 Å². The van der Waals surface area contributed by atoms with E-state index in [9.17, 15) is 50.4 Å². The number of nitrogens with zero attached hydrogens (tertiary/aromatic N) is 2. The summed E-state index contributed by atoms with van der Waals surface area (Å²) in [6.45, 7) is 25.8. The Kier molecular flexibility index (Phi) is 27.0. The number of hydrogen-bond acceptors (Lipinski definition) is 10. The molecule has 0 atom stereocenters. The van der Waals surface area contributed by atoms with E-state index in [1.807, 2.05) is 48.5 Å². The molecule has 0 aliphatic heterocycles. The van der Waals surface area contributed by atoms with Crippen molar-refractivity contribution in [1.29, 1.82) is 0 Å². The molecule has 0 saturated heterocycles. The predicted molar refractivity (Wildman–Crippen MR) is 353 cm³/mol. The molecule has 0 aliphatic carbocycles. The molecule has 2 heterocycles. The molecule has 26 heteroatoms. The summed E-state index contributed by atoms with van der Waals surface area (Å²) in [7, 11) is -21.3. The normalized spacial score (nSPS) is 13.3. The summed E-state index contributed by atoms with van der Waals surface area (Å²) in [5.74, 6) is 6.72. The van der Waals surface area contributed by atoms with Crippen LogP contribution < -0.4 is 37.6 Å². The topological polar surface area (TPSA) is 100 Å². The molecule has 8 rings (SSSR count). The van der Waals surface area contributed by atoms with E-state index in [4.69, 9.17) is 47.4 Å². The molecular weight excluding hydrogens is 1320 g/mol. The van der Waals surface area contributed by atoms with Gasteiger partial charge in [-0.3, -0.25) is 0 Å². The van der Waals surface area contributed by atoms with Crippen molar-refractivity contribution in [2.75, 3.05) is 92.5 Å². The van der Waals surface area contributed by atoms with Crippen LogP contribution in [0.5, 0.6) is 34.5 Å². The summed E-state index contributed by atoms with van der Waals surface area (Å²) in [5.41, 5.74) is 7.23. The minimum absolute atomic E-state index is 0.385. The molecular formula is C70H86F12N2O10P2. The number of halogens is 12. The van der Waals surface area contributed by atoms with Crippen LogP contribution in [0.25, 0.3) is 32.7 Å². The van der Waals surface area contributed by atoms with Gasteiger partial charge in [0, 0.05) is 45.8 Å². The first kappa shape index (κ1) is 77.8. The molecule has 6 aromatic carbocycles. The molecule has 12 nitrogen and oxygen atoms in total. The summed E-state index contributed by atoms with van der Waals surface area (Å²) in [4.78, 5) is 0. The van der Waals surface area contributed by atoms with Gasteiger partial charge in [0.2, 0.25) is 0 Å². The number of aromatic nitrogens is 2. The Balaban J connectivity index is 0.000000937. The van der Waals surface area contributed by atoms with Gasteiger partial charge in [-0.25, -0.2) is 9.13 Å². The monoisotopic (exact) mass is 1400 g/mol. The van der Waals surface area contributed by atoms with Crippen molar-refractivity contribution < 1.29 is 107 Å². The number of pyridine rings is 2. The summed E-state index contributed by atoms with van der Waals surface area (Å²) in [6.07, 6.45) is 8.37. The van der Waals surface area contributed by atoms with Gasteiger partial charge in [0.15, 0.2) is 37.9 Å². The van der Waals surface area contributed by atoms with Crippen LogP contribution in [0.15, 0.2) is 158 Å². The van der Waals surface area contributed by atoms with Crippen molar-refractivity contribution in [3.63, 3.8) is 0 Å². The van der Waals surface area contributed by atoms with Gasteiger partial charge in [0.25, 0.3) is 0 Å². The fourth-order valence-electron chi connectivity index (χ4n) is 9.90. The third-order valence-corrected chi connectivity index (χ3v) is 14.3. The Morgan fingerprint density at radius 1 is 0.271 bits per heavy atom. The van der Waals surface area contributed by atoms with Crippen molar-refractivity contribution in [3.8, 4) is 45.6 Å². The molecule has 96 heavy (non-hydrogen) atoms. The maximum atomic E-state index is 9.87. The summed E-state index contributed by atoms with van der Waals surface area (Å²) >= 11 is 0. The molecule has 0 unspecified atom stereocenters. The Hall–Kier alpha value is -7.20. The second kappa shape index (κ2) is 33.4. The van der Waals surface area contributed by atoms with Crippen LogP contribution in [-0.2, 0) is 32.0 Å². The SMILES string of the molecule is CC(C)c1cccc(C(C)C)c1OCCOCCOc1cccc2c(OCCOCC[n+]3ccc(-c4cc[n+](CCOCCOc5cccc6c(OCCOCCOc7c(C(C)C)cccc7C(C)C)cccc56)cc4)cc3)cccc12.F[P-](F)(F)(F)(F)F.F[P-](F)(F)(F)(F)F. The fraction of sp³-hybridized carbons (Fsp3) is 0.400. The number of para-hydroxylation sites is 2. The van der Waals surface area contributed by atoms with Gasteiger partial charge in [-0.1, -0.05) is 140 Å². The molecule has 0 fully saturated rings. The van der Waals surface area contributed by atoms with Gasteiger partial charge in [-0.15, -0.1) is 0 Å². The minimum atomic E-state index is -10.7. The zero-order valence-corrected chi connectivity index (χ0v) is 56.8. The molecule has 8 aromatic rings. The molecule has 0 saturated carbocycles. The quantitative estimate of drug-likeness (QED) is 0.0165. The first-order valence-corrected chi connectivity index (χ1v) is 35.5. The fourth-order valence-corrected chi connectivity index (χ4v) is 9.90. The van der Waals surface area contributed by atoms with Crippen LogP contribution in [0.2, 0.25) is 0 Å². The van der Waals surface area contributed by atoms with E-state index in [2.05, 4.69) is 174 Å². The summed E-state index contributed by atoms with van der Waals surface area (Å²) < 4.78 is 184. The zero-order valence-electron chi connectivity index (χ0n) is 55.0. The van der Waals surface area contributed by atoms with E-state index >= 15 is 0 Å². The summed E-state index contributed by atoms with van der Waals surface area (Å²) in [6, 6.07) is 45.6. The molecule has 530 valence electrons. The Morgan fingerprint density at radius 3 is 0.708 bits per heavy atom. The standard InChI is InChI=1S/C70H86N2O10.2F6P/c1-51(2)57-15-9-16-58(52(3)4)69(57)81-49-43-75-41-47-79-67-25-13-19-61-63(67)21-11-23-65(61)77-45-39-73-37-35-71-31-27-55(28-32-71)56-29-33-72(34-30-56)36-38-74-40-46-78-66-24-12-22-64-62(66)20-14-26-68(64)80-48-42-76-44-50-82-70-59(53(5)6)17-10-18-60(70)54(7)8;2*1-7(2,3,4,5)6/h9-34,51-54H,35-50H2,1-8H3;;/q+2;2*-1. The third kappa shape index (κ3) is 29.7. The van der Waals surface area contributed by atoms with Crippen LogP contribution in [-0.4, -0.2) is 92.5 Å². The van der Waals surface area contributed by atoms with E-state index in [1.165, 1.54) is 22.3 Å². The van der Waals surface area contributed by atoms with Crippen molar-refractivity contribution in [2.24, 2.45) is 0 Å². The van der Waals surface area contributed by atoms with Crippen LogP contribution in [0.4, 0.5) is 50.4 Å². The van der Waals surface area contributed by atoms with Gasteiger partial charge in [0.05, 0.1) is 39.6 Å². The average molecular weight is 1410 g/mol. The number of fused-ring (bicyclic) bond motifs is 2. The van der Waals surface area contributed by atoms with E-state index in [-0.39, 0.29) is 0 Å². The summed E-state index contributed by atoms with van der Waals surface area (Å²) in [5, 5.41) is 3.98. The zero-order chi connectivity index (χ0) is 70.3. The number of hydrogen-bond donors (Lipinski definition) is 0. The molecule has 2 aromatic heterocycles. The van der Waals surface area contributed by atoms with Crippen LogP contribution >= 0.6 is 15.6 Å². The second-order valence-electron chi connectivity index (χ2n) is 23.5. The number of ether oxygens (including phenoxy) is 10. The van der Waals surface area contributed by atoms with Crippen LogP contribution in [0, 0.1) is 0 Å². The maximum absolute atomic E-state index is 10.7. The Labute approximate surface area is 552 Å². The Bertz CT molecular complexity index is 3400. The van der Waals surface area contributed by atoms with E-state index < -0.39 is 15.6 Å². The van der Waals surface area contributed by atoms with E-state index in [0.717, 1.165) is 80.3 Å². The number of rotatable bonds is 35. The molecule has 0 N–H and O–H groups in total. The van der Waals surface area contributed by atoms with Gasteiger partial charge >= 0.3 is 66.0 Å². The number of benzene rings is 6. The average Bonchev–Trinajstić information content (AvgIpc) is 0.801.